The summed E-state index contributed by atoms with van der Waals surface area (Å²) < 4.78 is 4.68. The molecule has 5 heteroatoms. The fourth-order valence-electron chi connectivity index (χ4n) is 2.07. The van der Waals surface area contributed by atoms with Gasteiger partial charge in [0, 0.05) is 11.4 Å². The third-order valence-corrected chi connectivity index (χ3v) is 4.27. The second-order valence-corrected chi connectivity index (χ2v) is 6.03. The van der Waals surface area contributed by atoms with E-state index in [-0.39, 0.29) is 11.9 Å². The molecule has 0 fully saturated rings. The largest absolute Gasteiger partial charge is 0.465 e. The molecule has 0 atom stereocenters. The monoisotopic (exact) mass is 329 g/mol. The summed E-state index contributed by atoms with van der Waals surface area (Å²) in [7, 11) is 1.34. The van der Waals surface area contributed by atoms with Crippen LogP contribution in [0.15, 0.2) is 48.5 Å². The third-order valence-electron chi connectivity index (χ3n) is 3.27. The average Bonchev–Trinajstić information content (AvgIpc) is 2.57. The molecule has 120 valence electrons. The third kappa shape index (κ3) is 5.14. The van der Waals surface area contributed by atoms with Crippen molar-refractivity contribution in [3.63, 3.8) is 0 Å². The number of carbonyl (C=O) groups is 2. The van der Waals surface area contributed by atoms with Crippen LogP contribution in [-0.2, 0) is 15.3 Å². The van der Waals surface area contributed by atoms with E-state index in [2.05, 4.69) is 10.1 Å². The molecule has 23 heavy (non-hydrogen) atoms. The Balaban J connectivity index is 1.86. The number of aryl methyl sites for hydroxylation is 1. The van der Waals surface area contributed by atoms with Crippen molar-refractivity contribution >= 4 is 29.3 Å². The van der Waals surface area contributed by atoms with E-state index in [1.807, 2.05) is 37.3 Å². The molecule has 0 unspecified atom stereocenters. The highest BCUT2D eigenvalue weighted by Crippen LogP contribution is 2.18. The van der Waals surface area contributed by atoms with E-state index in [1.54, 1.807) is 30.0 Å². The average molecular weight is 329 g/mol. The van der Waals surface area contributed by atoms with Gasteiger partial charge in [0.1, 0.15) is 0 Å². The van der Waals surface area contributed by atoms with Gasteiger partial charge in [-0.25, -0.2) is 4.79 Å². The Morgan fingerprint density at radius 1 is 1.13 bits per heavy atom. The zero-order valence-electron chi connectivity index (χ0n) is 13.2. The molecule has 2 aromatic rings. The summed E-state index contributed by atoms with van der Waals surface area (Å²) in [5.41, 5.74) is 3.21. The fraction of sp³-hybridized carbons (Fsp3) is 0.222. The van der Waals surface area contributed by atoms with Gasteiger partial charge in [-0.15, -0.1) is 11.8 Å². The zero-order chi connectivity index (χ0) is 16.7. The Morgan fingerprint density at radius 2 is 1.87 bits per heavy atom. The Morgan fingerprint density at radius 3 is 2.52 bits per heavy atom. The van der Waals surface area contributed by atoms with E-state index in [9.17, 15) is 9.59 Å². The molecule has 0 aliphatic rings. The van der Waals surface area contributed by atoms with Crippen molar-refractivity contribution in [1.29, 1.82) is 0 Å². The van der Waals surface area contributed by atoms with Crippen LogP contribution in [0.4, 0.5) is 5.69 Å². The molecule has 0 bridgehead atoms. The maximum Gasteiger partial charge on any atom is 0.337 e. The Labute approximate surface area is 140 Å². The molecule has 0 saturated carbocycles. The van der Waals surface area contributed by atoms with Crippen molar-refractivity contribution in [2.45, 2.75) is 12.7 Å². The Kier molecular flexibility index (Phi) is 6.23. The summed E-state index contributed by atoms with van der Waals surface area (Å²) >= 11 is 1.57. The number of amides is 1. The van der Waals surface area contributed by atoms with Crippen molar-refractivity contribution in [3.05, 3.63) is 65.2 Å². The first-order valence-electron chi connectivity index (χ1n) is 7.20. The van der Waals surface area contributed by atoms with Gasteiger partial charge in [-0.3, -0.25) is 4.79 Å². The first-order valence-corrected chi connectivity index (χ1v) is 8.36. The van der Waals surface area contributed by atoms with Gasteiger partial charge in [0.05, 0.1) is 18.4 Å². The lowest BCUT2D eigenvalue weighted by molar-refractivity contribution is -0.113. The number of hydrogen-bond donors (Lipinski definition) is 1. The van der Waals surface area contributed by atoms with Crippen LogP contribution in [-0.4, -0.2) is 24.7 Å². The molecule has 0 radical (unpaired) electrons. The van der Waals surface area contributed by atoms with Gasteiger partial charge in [0.25, 0.3) is 0 Å². The summed E-state index contributed by atoms with van der Waals surface area (Å²) in [5, 5.41) is 2.87. The highest BCUT2D eigenvalue weighted by atomic mass is 32.2. The minimum Gasteiger partial charge on any atom is -0.465 e. The summed E-state index contributed by atoms with van der Waals surface area (Å²) in [6.07, 6.45) is 0. The zero-order valence-corrected chi connectivity index (χ0v) is 14.0. The summed E-state index contributed by atoms with van der Waals surface area (Å²) in [6.45, 7) is 1.85. The molecule has 0 heterocycles. The number of benzene rings is 2. The van der Waals surface area contributed by atoms with E-state index in [0.717, 1.165) is 11.3 Å². The fourth-order valence-corrected chi connectivity index (χ4v) is 2.86. The Hall–Kier alpha value is -2.27. The standard InChI is InChI=1S/C18H19NO3S/c1-13-10-15(18(21)22-2)8-9-16(13)19-17(20)12-23-11-14-6-4-3-5-7-14/h3-10H,11-12H2,1-2H3,(H,19,20). The predicted octanol–water partition coefficient (Wildman–Crippen LogP) is 3.65. The first kappa shape index (κ1) is 17.1. The van der Waals surface area contributed by atoms with Crippen LogP contribution in [0.25, 0.3) is 0 Å². The number of thioether (sulfide) groups is 1. The van der Waals surface area contributed by atoms with Gasteiger partial charge in [-0.2, -0.15) is 0 Å². The van der Waals surface area contributed by atoms with Gasteiger partial charge in [-0.05, 0) is 36.2 Å². The molecule has 1 N–H and O–H groups in total. The van der Waals surface area contributed by atoms with Gasteiger partial charge >= 0.3 is 5.97 Å². The number of methoxy groups -OCH3 is 1. The SMILES string of the molecule is COC(=O)c1ccc(NC(=O)CSCc2ccccc2)c(C)c1. The minimum absolute atomic E-state index is 0.0557. The lowest BCUT2D eigenvalue weighted by atomic mass is 10.1. The van der Waals surface area contributed by atoms with Crippen molar-refractivity contribution in [1.82, 2.24) is 0 Å². The molecule has 4 nitrogen and oxygen atoms in total. The molecule has 0 aliphatic heterocycles. The van der Waals surface area contributed by atoms with E-state index >= 15 is 0 Å². The number of nitrogens with one attached hydrogen (secondary N) is 1. The number of anilines is 1. The normalized spacial score (nSPS) is 10.2. The predicted molar refractivity (Wildman–Crippen MR) is 93.8 cm³/mol. The van der Waals surface area contributed by atoms with Crippen LogP contribution in [0.3, 0.4) is 0 Å². The van der Waals surface area contributed by atoms with Crippen LogP contribution in [0.5, 0.6) is 0 Å². The quantitative estimate of drug-likeness (QED) is 0.822. The first-order chi connectivity index (χ1) is 11.1. The molecule has 2 aromatic carbocycles. The second-order valence-electron chi connectivity index (χ2n) is 5.05. The topological polar surface area (TPSA) is 55.4 Å². The lowest BCUT2D eigenvalue weighted by Crippen LogP contribution is -2.15. The minimum atomic E-state index is -0.385. The second kappa shape index (κ2) is 8.39. The highest BCUT2D eigenvalue weighted by molar-refractivity contribution is 7.99. The molecule has 1 amide bonds. The summed E-state index contributed by atoms with van der Waals surface area (Å²) in [6, 6.07) is 15.1. The van der Waals surface area contributed by atoms with Crippen molar-refractivity contribution in [3.8, 4) is 0 Å². The van der Waals surface area contributed by atoms with Gasteiger partial charge in [-0.1, -0.05) is 30.3 Å². The van der Waals surface area contributed by atoms with Gasteiger partial charge in [0.15, 0.2) is 0 Å². The smallest absolute Gasteiger partial charge is 0.337 e. The van der Waals surface area contributed by atoms with E-state index < -0.39 is 0 Å². The van der Waals surface area contributed by atoms with Crippen LogP contribution < -0.4 is 5.32 Å². The van der Waals surface area contributed by atoms with E-state index in [0.29, 0.717) is 17.0 Å². The van der Waals surface area contributed by atoms with Crippen LogP contribution in [0.2, 0.25) is 0 Å². The Bertz CT molecular complexity index is 686. The molecular weight excluding hydrogens is 310 g/mol. The van der Waals surface area contributed by atoms with E-state index in [1.165, 1.54) is 12.7 Å². The van der Waals surface area contributed by atoms with Gasteiger partial charge in [0.2, 0.25) is 5.91 Å². The van der Waals surface area contributed by atoms with Gasteiger partial charge < -0.3 is 10.1 Å². The maximum atomic E-state index is 12.0. The molecular formula is C18H19NO3S. The number of carbonyl (C=O) groups excluding carboxylic acids is 2. The van der Waals surface area contributed by atoms with Crippen molar-refractivity contribution < 1.29 is 14.3 Å². The number of esters is 1. The van der Waals surface area contributed by atoms with Crippen molar-refractivity contribution in [2.24, 2.45) is 0 Å². The maximum absolute atomic E-state index is 12.0. The molecule has 0 spiro atoms. The van der Waals surface area contributed by atoms with Crippen LogP contribution >= 0.6 is 11.8 Å². The summed E-state index contributed by atoms with van der Waals surface area (Å²) in [5.74, 6) is 0.742. The number of ether oxygens (including phenoxy) is 1. The molecule has 2 rings (SSSR count). The van der Waals surface area contributed by atoms with Crippen LogP contribution in [0, 0.1) is 6.92 Å². The molecule has 0 saturated heterocycles. The molecule has 0 aliphatic carbocycles. The van der Waals surface area contributed by atoms with E-state index in [4.69, 9.17) is 0 Å². The van der Waals surface area contributed by atoms with Crippen molar-refractivity contribution in [2.75, 3.05) is 18.2 Å². The highest BCUT2D eigenvalue weighted by Gasteiger charge is 2.09. The number of hydrogen-bond acceptors (Lipinski definition) is 4. The number of rotatable bonds is 6. The lowest BCUT2D eigenvalue weighted by Gasteiger charge is -2.09. The summed E-state index contributed by atoms with van der Waals surface area (Å²) in [4.78, 5) is 23.5. The van der Waals surface area contributed by atoms with Crippen LogP contribution in [0.1, 0.15) is 21.5 Å². The molecule has 0 aromatic heterocycles.